The fourth-order valence-electron chi connectivity index (χ4n) is 3.62. The van der Waals surface area contributed by atoms with E-state index in [1.165, 1.54) is 11.3 Å². The van der Waals surface area contributed by atoms with Crippen molar-refractivity contribution in [2.24, 2.45) is 0 Å². The Balaban J connectivity index is 1.59. The molecule has 0 aliphatic rings. The Morgan fingerprint density at radius 1 is 0.774 bits per heavy atom. The van der Waals surface area contributed by atoms with Crippen LogP contribution in [0.4, 0.5) is 0 Å². The minimum atomic E-state index is 0.663. The lowest BCUT2D eigenvalue weighted by Crippen LogP contribution is -1.93. The summed E-state index contributed by atoms with van der Waals surface area (Å²) >= 11 is 7.82. The number of nitrogens with zero attached hydrogens (tertiary/aromatic N) is 5. The van der Waals surface area contributed by atoms with Gasteiger partial charge in [0, 0.05) is 27.1 Å². The standard InChI is InChI=1S/C24H14ClN5S/c25-17-11-12-20-18(13-17)19(14-21(26-20)15-7-3-1-4-8-15)23-29-30-22(27-28-24(30)31-23)16-9-5-2-6-10-16/h1-14H. The minimum absolute atomic E-state index is 0.663. The summed E-state index contributed by atoms with van der Waals surface area (Å²) in [5.74, 6) is 0.720. The molecule has 3 heterocycles. The van der Waals surface area contributed by atoms with Crippen LogP contribution in [-0.2, 0) is 0 Å². The summed E-state index contributed by atoms with van der Waals surface area (Å²) in [5.41, 5.74) is 4.75. The SMILES string of the molecule is Clc1ccc2nc(-c3ccccc3)cc(-c3nn4c(-c5ccccc5)nnc4s3)c2c1. The summed E-state index contributed by atoms with van der Waals surface area (Å²) in [4.78, 5) is 5.60. The third-order valence-electron chi connectivity index (χ3n) is 5.09. The number of aromatic nitrogens is 5. The zero-order valence-electron chi connectivity index (χ0n) is 16.1. The summed E-state index contributed by atoms with van der Waals surface area (Å²) in [7, 11) is 0. The van der Waals surface area contributed by atoms with Crippen LogP contribution in [0.5, 0.6) is 0 Å². The molecule has 0 N–H and O–H groups in total. The van der Waals surface area contributed by atoms with Gasteiger partial charge in [-0.05, 0) is 24.3 Å². The van der Waals surface area contributed by atoms with Crippen LogP contribution in [-0.4, -0.2) is 24.8 Å². The highest BCUT2D eigenvalue weighted by Gasteiger charge is 2.17. The predicted octanol–water partition coefficient (Wildman–Crippen LogP) is 6.39. The first kappa shape index (κ1) is 18.2. The maximum Gasteiger partial charge on any atom is 0.235 e. The molecule has 0 aliphatic heterocycles. The van der Waals surface area contributed by atoms with E-state index in [-0.39, 0.29) is 0 Å². The molecule has 0 amide bonds. The van der Waals surface area contributed by atoms with E-state index in [1.807, 2.05) is 66.7 Å². The first-order valence-corrected chi connectivity index (χ1v) is 10.9. The van der Waals surface area contributed by atoms with E-state index >= 15 is 0 Å². The predicted molar refractivity (Wildman–Crippen MR) is 125 cm³/mol. The van der Waals surface area contributed by atoms with Crippen LogP contribution in [0, 0.1) is 0 Å². The van der Waals surface area contributed by atoms with Gasteiger partial charge in [-0.1, -0.05) is 83.6 Å². The Hall–Kier alpha value is -3.61. The Morgan fingerprint density at radius 2 is 1.52 bits per heavy atom. The number of rotatable bonds is 3. The second kappa shape index (κ2) is 7.27. The Kier molecular flexibility index (Phi) is 4.26. The van der Waals surface area contributed by atoms with E-state index in [1.54, 1.807) is 4.52 Å². The fourth-order valence-corrected chi connectivity index (χ4v) is 4.67. The van der Waals surface area contributed by atoms with Crippen molar-refractivity contribution in [3.05, 3.63) is 90.0 Å². The second-order valence-corrected chi connectivity index (χ2v) is 8.47. The van der Waals surface area contributed by atoms with Crippen LogP contribution in [0.1, 0.15) is 0 Å². The van der Waals surface area contributed by atoms with Crippen LogP contribution in [0.2, 0.25) is 5.02 Å². The van der Waals surface area contributed by atoms with Crippen LogP contribution in [0.3, 0.4) is 0 Å². The van der Waals surface area contributed by atoms with E-state index in [4.69, 9.17) is 21.7 Å². The lowest BCUT2D eigenvalue weighted by atomic mass is 10.0. The van der Waals surface area contributed by atoms with Gasteiger partial charge in [-0.15, -0.1) is 10.2 Å². The summed E-state index contributed by atoms with van der Waals surface area (Å²) in [6, 6.07) is 27.9. The number of benzene rings is 3. The lowest BCUT2D eigenvalue weighted by molar-refractivity contribution is 0.971. The van der Waals surface area contributed by atoms with Crippen LogP contribution in [0.25, 0.3) is 49.1 Å². The zero-order valence-corrected chi connectivity index (χ0v) is 17.7. The van der Waals surface area contributed by atoms with Gasteiger partial charge in [-0.25, -0.2) is 4.98 Å². The van der Waals surface area contributed by atoms with Crippen molar-refractivity contribution in [1.82, 2.24) is 24.8 Å². The van der Waals surface area contributed by atoms with E-state index in [0.717, 1.165) is 49.1 Å². The van der Waals surface area contributed by atoms with Gasteiger partial charge in [-0.3, -0.25) is 0 Å². The van der Waals surface area contributed by atoms with Gasteiger partial charge in [0.1, 0.15) is 5.01 Å². The molecule has 6 aromatic rings. The first-order chi connectivity index (χ1) is 15.3. The molecule has 0 radical (unpaired) electrons. The van der Waals surface area contributed by atoms with Gasteiger partial charge in [0.25, 0.3) is 0 Å². The molecule has 0 spiro atoms. The molecular weight excluding hydrogens is 426 g/mol. The Labute approximate surface area is 186 Å². The highest BCUT2D eigenvalue weighted by Crippen LogP contribution is 2.36. The molecular formula is C24H14ClN5S. The smallest absolute Gasteiger partial charge is 0.235 e. The molecule has 0 bridgehead atoms. The normalized spacial score (nSPS) is 11.4. The van der Waals surface area contributed by atoms with Crippen molar-refractivity contribution in [2.75, 3.05) is 0 Å². The third kappa shape index (κ3) is 3.17. The Bertz CT molecular complexity index is 1540. The molecule has 3 aromatic heterocycles. The highest BCUT2D eigenvalue weighted by atomic mass is 35.5. The van der Waals surface area contributed by atoms with Crippen molar-refractivity contribution in [2.45, 2.75) is 0 Å². The summed E-state index contributed by atoms with van der Waals surface area (Å²) in [5, 5.41) is 16.0. The fraction of sp³-hybridized carbons (Fsp3) is 0. The van der Waals surface area contributed by atoms with Crippen molar-refractivity contribution in [3.63, 3.8) is 0 Å². The average molecular weight is 440 g/mol. The molecule has 31 heavy (non-hydrogen) atoms. The number of hydrogen-bond acceptors (Lipinski definition) is 5. The largest absolute Gasteiger partial charge is 0.248 e. The van der Waals surface area contributed by atoms with E-state index in [2.05, 4.69) is 28.4 Å². The van der Waals surface area contributed by atoms with Gasteiger partial charge in [0.05, 0.1) is 11.2 Å². The first-order valence-electron chi connectivity index (χ1n) is 9.70. The zero-order chi connectivity index (χ0) is 20.8. The highest BCUT2D eigenvalue weighted by molar-refractivity contribution is 7.20. The number of fused-ring (bicyclic) bond motifs is 2. The molecule has 3 aromatic carbocycles. The summed E-state index contributed by atoms with van der Waals surface area (Å²) < 4.78 is 1.80. The average Bonchev–Trinajstić information content (AvgIpc) is 3.40. The van der Waals surface area contributed by atoms with Gasteiger partial charge in [0.2, 0.25) is 4.96 Å². The molecule has 148 valence electrons. The summed E-state index contributed by atoms with van der Waals surface area (Å²) in [6.07, 6.45) is 0. The molecule has 0 unspecified atom stereocenters. The van der Waals surface area contributed by atoms with E-state index in [9.17, 15) is 0 Å². The van der Waals surface area contributed by atoms with Gasteiger partial charge < -0.3 is 0 Å². The monoisotopic (exact) mass is 439 g/mol. The van der Waals surface area contributed by atoms with E-state index in [0.29, 0.717) is 5.02 Å². The van der Waals surface area contributed by atoms with Gasteiger partial charge >= 0.3 is 0 Å². The van der Waals surface area contributed by atoms with Crippen molar-refractivity contribution >= 4 is 38.8 Å². The Morgan fingerprint density at radius 3 is 2.29 bits per heavy atom. The molecule has 0 saturated heterocycles. The van der Waals surface area contributed by atoms with Crippen molar-refractivity contribution in [1.29, 1.82) is 0 Å². The molecule has 0 aliphatic carbocycles. The van der Waals surface area contributed by atoms with Crippen LogP contribution < -0.4 is 0 Å². The molecule has 0 atom stereocenters. The number of hydrogen-bond donors (Lipinski definition) is 0. The molecule has 0 fully saturated rings. The lowest BCUT2D eigenvalue weighted by Gasteiger charge is -2.08. The molecule has 0 saturated carbocycles. The van der Waals surface area contributed by atoms with Crippen LogP contribution >= 0.6 is 22.9 Å². The quantitative estimate of drug-likeness (QED) is 0.320. The second-order valence-electron chi connectivity index (χ2n) is 7.07. The van der Waals surface area contributed by atoms with Crippen molar-refractivity contribution < 1.29 is 0 Å². The maximum atomic E-state index is 6.33. The molecule has 7 heteroatoms. The summed E-state index contributed by atoms with van der Waals surface area (Å²) in [6.45, 7) is 0. The van der Waals surface area contributed by atoms with Crippen LogP contribution in [0.15, 0.2) is 84.9 Å². The maximum absolute atomic E-state index is 6.33. The third-order valence-corrected chi connectivity index (χ3v) is 6.26. The van der Waals surface area contributed by atoms with Gasteiger partial charge in [0.15, 0.2) is 5.82 Å². The topological polar surface area (TPSA) is 56.0 Å². The van der Waals surface area contributed by atoms with E-state index < -0.39 is 0 Å². The minimum Gasteiger partial charge on any atom is -0.248 e. The van der Waals surface area contributed by atoms with Crippen molar-refractivity contribution in [3.8, 4) is 33.2 Å². The number of halogens is 1. The molecule has 5 nitrogen and oxygen atoms in total. The van der Waals surface area contributed by atoms with Gasteiger partial charge in [-0.2, -0.15) is 9.61 Å². The number of pyridine rings is 1. The molecule has 6 rings (SSSR count).